The third-order valence-corrected chi connectivity index (χ3v) is 11.6. The molecule has 0 aromatic rings. The molecule has 332 valence electrons. The molecule has 56 heavy (non-hydrogen) atoms. The molecule has 0 radical (unpaired) electrons. The predicted octanol–water partition coefficient (Wildman–Crippen LogP) is 14.6. The van der Waals surface area contributed by atoms with E-state index in [1.54, 1.807) is 6.08 Å². The number of unbranched alkanes of at least 4 members (excludes halogenated alkanes) is 35. The van der Waals surface area contributed by atoms with Crippen LogP contribution in [0, 0.1) is 0 Å². The summed E-state index contributed by atoms with van der Waals surface area (Å²) >= 11 is 0. The Labute approximate surface area is 349 Å². The van der Waals surface area contributed by atoms with Crippen LogP contribution < -0.4 is 5.32 Å². The van der Waals surface area contributed by atoms with Crippen molar-refractivity contribution in [3.63, 3.8) is 0 Å². The van der Waals surface area contributed by atoms with Gasteiger partial charge in [0.1, 0.15) is 0 Å². The van der Waals surface area contributed by atoms with Gasteiger partial charge in [0.2, 0.25) is 5.91 Å². The van der Waals surface area contributed by atoms with Crippen LogP contribution in [0.2, 0.25) is 0 Å². The van der Waals surface area contributed by atoms with E-state index < -0.39 is 12.1 Å². The average molecular weight is 792 g/mol. The lowest BCUT2D eigenvalue weighted by Crippen LogP contribution is -2.45. The molecule has 1 amide bonds. The zero-order valence-corrected chi connectivity index (χ0v) is 37.6. The maximum atomic E-state index is 12.4. The van der Waals surface area contributed by atoms with E-state index in [0.29, 0.717) is 19.4 Å². The number of aliphatic hydroxyl groups is 2. The van der Waals surface area contributed by atoms with Crippen molar-refractivity contribution in [2.45, 2.75) is 283 Å². The first-order valence-corrected chi connectivity index (χ1v) is 25.0. The monoisotopic (exact) mass is 792 g/mol. The number of carbonyl (C=O) groups excluding carboxylic acids is 2. The van der Waals surface area contributed by atoms with Crippen LogP contribution in [-0.2, 0) is 14.3 Å². The molecule has 0 fully saturated rings. The van der Waals surface area contributed by atoms with Gasteiger partial charge < -0.3 is 20.3 Å². The van der Waals surface area contributed by atoms with Crippen LogP contribution >= 0.6 is 0 Å². The topological polar surface area (TPSA) is 95.9 Å². The van der Waals surface area contributed by atoms with E-state index in [-0.39, 0.29) is 18.5 Å². The van der Waals surface area contributed by atoms with Crippen molar-refractivity contribution in [2.75, 3.05) is 13.2 Å². The van der Waals surface area contributed by atoms with Crippen LogP contribution in [0.1, 0.15) is 271 Å². The fourth-order valence-electron chi connectivity index (χ4n) is 7.69. The summed E-state index contributed by atoms with van der Waals surface area (Å²) in [5.41, 5.74) is 0. The highest BCUT2D eigenvalue weighted by Crippen LogP contribution is 2.16. The van der Waals surface area contributed by atoms with Crippen molar-refractivity contribution in [1.82, 2.24) is 5.32 Å². The van der Waals surface area contributed by atoms with Crippen LogP contribution in [-0.4, -0.2) is 47.4 Å². The Balaban J connectivity index is 3.48. The van der Waals surface area contributed by atoms with Crippen molar-refractivity contribution in [3.8, 4) is 0 Å². The van der Waals surface area contributed by atoms with Crippen LogP contribution in [0.3, 0.4) is 0 Å². The van der Waals surface area contributed by atoms with E-state index in [1.807, 2.05) is 6.08 Å². The maximum absolute atomic E-state index is 12.4. The van der Waals surface area contributed by atoms with Gasteiger partial charge in [-0.1, -0.05) is 238 Å². The molecule has 6 heteroatoms. The van der Waals surface area contributed by atoms with Crippen molar-refractivity contribution in [1.29, 1.82) is 0 Å². The number of carbonyl (C=O) groups is 2. The summed E-state index contributed by atoms with van der Waals surface area (Å²) in [5, 5.41) is 23.0. The summed E-state index contributed by atoms with van der Waals surface area (Å²) in [6.45, 7) is 4.85. The Morgan fingerprint density at radius 2 is 0.821 bits per heavy atom. The van der Waals surface area contributed by atoms with Gasteiger partial charge in [-0.15, -0.1) is 0 Å². The number of nitrogens with one attached hydrogen (secondary N) is 1. The van der Waals surface area contributed by atoms with Crippen molar-refractivity contribution in [3.05, 3.63) is 12.2 Å². The number of amides is 1. The van der Waals surface area contributed by atoms with Gasteiger partial charge in [-0.25, -0.2) is 0 Å². The number of hydrogen-bond donors (Lipinski definition) is 3. The maximum Gasteiger partial charge on any atom is 0.305 e. The standard InChI is InChI=1S/C50H97NO5/c1-3-5-7-9-11-13-15-17-18-19-21-23-28-32-36-40-44-50(55)56-45-41-37-33-29-25-24-27-31-35-39-43-49(54)51-47(46-52)48(53)42-38-34-30-26-22-20-16-14-12-10-8-6-4-2/h38,42,47-48,52-53H,3-37,39-41,43-46H2,1-2H3,(H,51,54)/b42-38+. The third-order valence-electron chi connectivity index (χ3n) is 11.6. The van der Waals surface area contributed by atoms with Crippen LogP contribution in [0.15, 0.2) is 12.2 Å². The fourth-order valence-corrected chi connectivity index (χ4v) is 7.69. The summed E-state index contributed by atoms with van der Waals surface area (Å²) in [7, 11) is 0. The van der Waals surface area contributed by atoms with Crippen LogP contribution in [0.25, 0.3) is 0 Å². The summed E-state index contributed by atoms with van der Waals surface area (Å²) in [6.07, 6.45) is 52.0. The molecule has 0 bridgehead atoms. The first-order valence-electron chi connectivity index (χ1n) is 25.0. The molecule has 0 heterocycles. The molecule has 0 spiro atoms. The second-order valence-electron chi connectivity index (χ2n) is 17.2. The van der Waals surface area contributed by atoms with Crippen LogP contribution in [0.4, 0.5) is 0 Å². The summed E-state index contributed by atoms with van der Waals surface area (Å²) in [6, 6.07) is -0.642. The molecular weight excluding hydrogens is 695 g/mol. The number of ether oxygens (including phenoxy) is 1. The molecule has 0 aliphatic rings. The Kier molecular flexibility index (Phi) is 45.1. The molecule has 2 atom stereocenters. The normalized spacial score (nSPS) is 12.7. The number of allylic oxidation sites excluding steroid dienone is 1. The molecule has 3 N–H and O–H groups in total. The lowest BCUT2D eigenvalue weighted by atomic mass is 10.0. The quantitative estimate of drug-likeness (QED) is 0.0324. The Morgan fingerprint density at radius 3 is 1.21 bits per heavy atom. The second kappa shape index (κ2) is 46.3. The molecule has 0 saturated heterocycles. The van der Waals surface area contributed by atoms with E-state index >= 15 is 0 Å². The van der Waals surface area contributed by atoms with Gasteiger partial charge >= 0.3 is 5.97 Å². The zero-order valence-electron chi connectivity index (χ0n) is 37.6. The van der Waals surface area contributed by atoms with E-state index in [9.17, 15) is 19.8 Å². The van der Waals surface area contributed by atoms with Gasteiger partial charge in [-0.3, -0.25) is 9.59 Å². The van der Waals surface area contributed by atoms with E-state index in [2.05, 4.69) is 19.2 Å². The highest BCUT2D eigenvalue weighted by molar-refractivity contribution is 5.76. The minimum absolute atomic E-state index is 0.0176. The summed E-state index contributed by atoms with van der Waals surface area (Å²) in [5.74, 6) is -0.108. The first-order chi connectivity index (χ1) is 27.5. The van der Waals surface area contributed by atoms with E-state index in [1.165, 1.54) is 186 Å². The van der Waals surface area contributed by atoms with E-state index in [4.69, 9.17) is 4.74 Å². The molecule has 0 aliphatic heterocycles. The largest absolute Gasteiger partial charge is 0.466 e. The van der Waals surface area contributed by atoms with Gasteiger partial charge in [-0.05, 0) is 32.1 Å². The summed E-state index contributed by atoms with van der Waals surface area (Å²) < 4.78 is 5.46. The second-order valence-corrected chi connectivity index (χ2v) is 17.2. The molecule has 0 rings (SSSR count). The average Bonchev–Trinajstić information content (AvgIpc) is 3.20. The molecular formula is C50H97NO5. The molecule has 0 aliphatic carbocycles. The van der Waals surface area contributed by atoms with Gasteiger partial charge in [0.15, 0.2) is 0 Å². The zero-order chi connectivity index (χ0) is 40.8. The van der Waals surface area contributed by atoms with Gasteiger partial charge in [0, 0.05) is 12.8 Å². The van der Waals surface area contributed by atoms with Crippen molar-refractivity contribution >= 4 is 11.9 Å². The Bertz CT molecular complexity index is 832. The highest BCUT2D eigenvalue weighted by Gasteiger charge is 2.18. The smallest absolute Gasteiger partial charge is 0.305 e. The number of esters is 1. The number of rotatable bonds is 46. The van der Waals surface area contributed by atoms with Crippen molar-refractivity contribution in [2.24, 2.45) is 0 Å². The number of aliphatic hydroxyl groups excluding tert-OH is 2. The minimum Gasteiger partial charge on any atom is -0.466 e. The van der Waals surface area contributed by atoms with Crippen LogP contribution in [0.5, 0.6) is 0 Å². The van der Waals surface area contributed by atoms with Gasteiger partial charge in [-0.2, -0.15) is 0 Å². The van der Waals surface area contributed by atoms with Gasteiger partial charge in [0.05, 0.1) is 25.4 Å². The Hall–Kier alpha value is -1.40. The molecule has 0 saturated carbocycles. The third kappa shape index (κ3) is 42.2. The minimum atomic E-state index is -0.856. The first kappa shape index (κ1) is 54.6. The van der Waals surface area contributed by atoms with Gasteiger partial charge in [0.25, 0.3) is 0 Å². The summed E-state index contributed by atoms with van der Waals surface area (Å²) in [4.78, 5) is 24.4. The molecule has 0 aromatic heterocycles. The Morgan fingerprint density at radius 1 is 0.482 bits per heavy atom. The highest BCUT2D eigenvalue weighted by atomic mass is 16.5. The lowest BCUT2D eigenvalue weighted by molar-refractivity contribution is -0.143. The SMILES string of the molecule is CCCCCCCCCCCCC/C=C/C(O)C(CO)NC(=O)CCCCCCCCCCCCOC(=O)CCCCCCCCCCCCCCCCCC. The lowest BCUT2D eigenvalue weighted by Gasteiger charge is -2.20. The van der Waals surface area contributed by atoms with Crippen molar-refractivity contribution < 1.29 is 24.5 Å². The number of hydrogen-bond acceptors (Lipinski definition) is 5. The molecule has 2 unspecified atom stereocenters. The molecule has 6 nitrogen and oxygen atoms in total. The fraction of sp³-hybridized carbons (Fsp3) is 0.920. The molecule has 0 aromatic carbocycles. The predicted molar refractivity (Wildman–Crippen MR) is 241 cm³/mol. The van der Waals surface area contributed by atoms with E-state index in [0.717, 1.165) is 57.8 Å².